The van der Waals surface area contributed by atoms with Gasteiger partial charge in [-0.05, 0) is 52.7 Å². The lowest BCUT2D eigenvalue weighted by molar-refractivity contribution is -0.142. The largest absolute Gasteiger partial charge is 0.456 e. The predicted molar refractivity (Wildman–Crippen MR) is 107 cm³/mol. The van der Waals surface area contributed by atoms with Gasteiger partial charge in [-0.3, -0.25) is 4.79 Å². The van der Waals surface area contributed by atoms with Crippen LogP contribution in [-0.4, -0.2) is 18.5 Å². The minimum absolute atomic E-state index is 0.350. The standard InChI is InChI=1S/C21H15NO4S/c23-20(12-25-21(24)8-5-14-9-10-27-13-14)22-15-6-7-19-17(11-15)16-3-1-2-4-18(16)26-19/h1-11,13H,12H2,(H,22,23)/b8-5+. The first-order chi connectivity index (χ1) is 13.2. The fraction of sp³-hybridized carbons (Fsp3) is 0.0476. The van der Waals surface area contributed by atoms with Crippen molar-refractivity contribution in [2.45, 2.75) is 0 Å². The van der Waals surface area contributed by atoms with E-state index in [-0.39, 0.29) is 6.61 Å². The highest BCUT2D eigenvalue weighted by atomic mass is 32.1. The molecule has 0 aliphatic heterocycles. The number of esters is 1. The monoisotopic (exact) mass is 377 g/mol. The van der Waals surface area contributed by atoms with E-state index in [1.165, 1.54) is 17.4 Å². The van der Waals surface area contributed by atoms with Crippen LogP contribution in [0.2, 0.25) is 0 Å². The number of anilines is 1. The third-order valence-corrected chi connectivity index (χ3v) is 4.66. The highest BCUT2D eigenvalue weighted by molar-refractivity contribution is 7.08. The summed E-state index contributed by atoms with van der Waals surface area (Å²) in [4.78, 5) is 23.7. The second-order valence-corrected chi connectivity index (χ2v) is 6.64. The van der Waals surface area contributed by atoms with E-state index in [1.54, 1.807) is 18.2 Å². The van der Waals surface area contributed by atoms with Crippen molar-refractivity contribution in [3.05, 3.63) is 70.9 Å². The summed E-state index contributed by atoms with van der Waals surface area (Å²) in [5.74, 6) is -0.966. The van der Waals surface area contributed by atoms with Gasteiger partial charge in [0.25, 0.3) is 5.91 Å². The van der Waals surface area contributed by atoms with E-state index in [1.807, 2.05) is 47.2 Å². The van der Waals surface area contributed by atoms with Gasteiger partial charge in [0.1, 0.15) is 11.2 Å². The average Bonchev–Trinajstić information content (AvgIpc) is 3.32. The molecule has 2 heterocycles. The number of carbonyl (C=O) groups excluding carboxylic acids is 2. The number of rotatable bonds is 5. The van der Waals surface area contributed by atoms with Crippen LogP contribution in [-0.2, 0) is 14.3 Å². The van der Waals surface area contributed by atoms with E-state index in [0.29, 0.717) is 5.69 Å². The Kier molecular flexibility index (Phi) is 4.72. The zero-order chi connectivity index (χ0) is 18.6. The normalized spacial score (nSPS) is 11.3. The van der Waals surface area contributed by atoms with E-state index in [2.05, 4.69) is 5.32 Å². The molecular formula is C21H15NO4S. The van der Waals surface area contributed by atoms with Crippen LogP contribution in [0.1, 0.15) is 5.56 Å². The molecule has 6 heteroatoms. The van der Waals surface area contributed by atoms with Gasteiger partial charge in [-0.2, -0.15) is 11.3 Å². The number of furan rings is 1. The van der Waals surface area contributed by atoms with Crippen molar-refractivity contribution in [2.75, 3.05) is 11.9 Å². The van der Waals surface area contributed by atoms with Crippen LogP contribution in [0.4, 0.5) is 5.69 Å². The highest BCUT2D eigenvalue weighted by Gasteiger charge is 2.09. The molecule has 0 fully saturated rings. The summed E-state index contributed by atoms with van der Waals surface area (Å²) in [6, 6.07) is 15.0. The molecule has 0 aliphatic carbocycles. The quantitative estimate of drug-likeness (QED) is 0.399. The maximum atomic E-state index is 12.1. The Morgan fingerprint density at radius 1 is 1.07 bits per heavy atom. The molecule has 2 aromatic heterocycles. The number of benzene rings is 2. The predicted octanol–water partition coefficient (Wildman–Crippen LogP) is 4.84. The number of amides is 1. The Morgan fingerprint density at radius 3 is 2.78 bits per heavy atom. The molecule has 0 atom stereocenters. The minimum atomic E-state index is -0.562. The van der Waals surface area contributed by atoms with Crippen LogP contribution in [0.15, 0.2) is 69.8 Å². The molecule has 1 N–H and O–H groups in total. The zero-order valence-electron chi connectivity index (χ0n) is 14.2. The van der Waals surface area contributed by atoms with Crippen LogP contribution in [0.3, 0.4) is 0 Å². The van der Waals surface area contributed by atoms with E-state index in [4.69, 9.17) is 9.15 Å². The molecule has 0 aliphatic rings. The summed E-state index contributed by atoms with van der Waals surface area (Å²) in [6.45, 7) is -0.350. The average molecular weight is 377 g/mol. The molecule has 134 valence electrons. The molecule has 0 saturated heterocycles. The molecule has 27 heavy (non-hydrogen) atoms. The number of thiophene rings is 1. The lowest BCUT2D eigenvalue weighted by Crippen LogP contribution is -2.20. The van der Waals surface area contributed by atoms with E-state index < -0.39 is 11.9 Å². The molecule has 1 amide bonds. The van der Waals surface area contributed by atoms with Crippen molar-refractivity contribution in [1.29, 1.82) is 0 Å². The van der Waals surface area contributed by atoms with Crippen molar-refractivity contribution in [1.82, 2.24) is 0 Å². The number of fused-ring (bicyclic) bond motifs is 3. The fourth-order valence-corrected chi connectivity index (χ4v) is 3.35. The fourth-order valence-electron chi connectivity index (χ4n) is 2.72. The summed E-state index contributed by atoms with van der Waals surface area (Å²) in [5, 5.41) is 8.45. The van der Waals surface area contributed by atoms with Gasteiger partial charge in [0, 0.05) is 22.5 Å². The first kappa shape index (κ1) is 17.1. The third-order valence-electron chi connectivity index (χ3n) is 3.96. The van der Waals surface area contributed by atoms with Gasteiger partial charge in [0.05, 0.1) is 0 Å². The van der Waals surface area contributed by atoms with Gasteiger partial charge in [0.2, 0.25) is 0 Å². The third kappa shape index (κ3) is 3.91. The number of ether oxygens (including phenoxy) is 1. The molecular weight excluding hydrogens is 362 g/mol. The van der Waals surface area contributed by atoms with E-state index >= 15 is 0 Å². The first-order valence-electron chi connectivity index (χ1n) is 8.27. The van der Waals surface area contributed by atoms with Crippen molar-refractivity contribution < 1.29 is 18.7 Å². The van der Waals surface area contributed by atoms with Crippen molar-refractivity contribution in [3.8, 4) is 0 Å². The van der Waals surface area contributed by atoms with Crippen LogP contribution >= 0.6 is 11.3 Å². The van der Waals surface area contributed by atoms with Crippen LogP contribution in [0.5, 0.6) is 0 Å². The summed E-state index contributed by atoms with van der Waals surface area (Å²) >= 11 is 1.54. The van der Waals surface area contributed by atoms with E-state index in [0.717, 1.165) is 27.5 Å². The first-order valence-corrected chi connectivity index (χ1v) is 9.21. The highest BCUT2D eigenvalue weighted by Crippen LogP contribution is 2.30. The maximum absolute atomic E-state index is 12.1. The molecule has 0 radical (unpaired) electrons. The molecule has 5 nitrogen and oxygen atoms in total. The Morgan fingerprint density at radius 2 is 1.93 bits per heavy atom. The van der Waals surface area contributed by atoms with Crippen molar-refractivity contribution in [2.24, 2.45) is 0 Å². The molecule has 0 spiro atoms. The summed E-state index contributed by atoms with van der Waals surface area (Å²) in [5.41, 5.74) is 3.08. The maximum Gasteiger partial charge on any atom is 0.331 e. The summed E-state index contributed by atoms with van der Waals surface area (Å²) in [7, 11) is 0. The molecule has 4 rings (SSSR count). The van der Waals surface area contributed by atoms with Gasteiger partial charge < -0.3 is 14.5 Å². The van der Waals surface area contributed by atoms with Gasteiger partial charge in [-0.15, -0.1) is 0 Å². The smallest absolute Gasteiger partial charge is 0.331 e. The summed E-state index contributed by atoms with van der Waals surface area (Å²) in [6.07, 6.45) is 2.95. The summed E-state index contributed by atoms with van der Waals surface area (Å²) < 4.78 is 10.7. The van der Waals surface area contributed by atoms with Crippen molar-refractivity contribution in [3.63, 3.8) is 0 Å². The Labute approximate surface area is 158 Å². The Balaban J connectivity index is 1.39. The second kappa shape index (κ2) is 7.47. The van der Waals surface area contributed by atoms with Crippen LogP contribution in [0, 0.1) is 0 Å². The second-order valence-electron chi connectivity index (χ2n) is 5.86. The number of hydrogen-bond acceptors (Lipinski definition) is 5. The van der Waals surface area contributed by atoms with Crippen LogP contribution < -0.4 is 5.32 Å². The number of nitrogens with one attached hydrogen (secondary N) is 1. The van der Waals surface area contributed by atoms with Gasteiger partial charge in [-0.1, -0.05) is 18.2 Å². The van der Waals surface area contributed by atoms with Crippen molar-refractivity contribution >= 4 is 56.9 Å². The lowest BCUT2D eigenvalue weighted by atomic mass is 10.1. The SMILES string of the molecule is O=C(COC(=O)/C=C/c1ccsc1)Nc1ccc2oc3ccccc3c2c1. The number of para-hydroxylation sites is 1. The Bertz CT molecular complexity index is 1140. The lowest BCUT2D eigenvalue weighted by Gasteiger charge is -2.05. The topological polar surface area (TPSA) is 68.5 Å². The van der Waals surface area contributed by atoms with E-state index in [9.17, 15) is 9.59 Å². The molecule has 0 saturated carbocycles. The number of carbonyl (C=O) groups is 2. The van der Waals surface area contributed by atoms with Gasteiger partial charge in [0.15, 0.2) is 6.61 Å². The molecule has 4 aromatic rings. The molecule has 0 bridgehead atoms. The molecule has 2 aromatic carbocycles. The van der Waals surface area contributed by atoms with Gasteiger partial charge in [-0.25, -0.2) is 4.79 Å². The number of hydrogen-bond donors (Lipinski definition) is 1. The zero-order valence-corrected chi connectivity index (χ0v) is 15.0. The Hall–Kier alpha value is -3.38. The van der Waals surface area contributed by atoms with Gasteiger partial charge >= 0.3 is 5.97 Å². The minimum Gasteiger partial charge on any atom is -0.456 e. The van der Waals surface area contributed by atoms with Crippen LogP contribution in [0.25, 0.3) is 28.0 Å². The molecule has 0 unspecified atom stereocenters.